The SMILES string of the molecule is O=C(O)c1ccnc(C(=O)O)c1-c1ccccc1. The van der Waals surface area contributed by atoms with Crippen molar-refractivity contribution in [3.8, 4) is 11.1 Å². The van der Waals surface area contributed by atoms with Gasteiger partial charge in [-0.25, -0.2) is 14.6 Å². The zero-order chi connectivity index (χ0) is 13.1. The Kier molecular flexibility index (Phi) is 3.05. The molecule has 0 spiro atoms. The van der Waals surface area contributed by atoms with Crippen molar-refractivity contribution in [2.24, 2.45) is 0 Å². The molecule has 0 aliphatic heterocycles. The average molecular weight is 243 g/mol. The average Bonchev–Trinajstić information content (AvgIpc) is 2.38. The largest absolute Gasteiger partial charge is 0.478 e. The van der Waals surface area contributed by atoms with Crippen molar-refractivity contribution in [3.63, 3.8) is 0 Å². The first kappa shape index (κ1) is 11.8. The predicted octanol–water partition coefficient (Wildman–Crippen LogP) is 2.15. The number of aromatic carboxylic acids is 2. The standard InChI is InChI=1S/C13H9NO4/c15-12(16)9-6-7-14-11(13(17)18)10(9)8-4-2-1-3-5-8/h1-7H,(H,15,16)(H,17,18). The van der Waals surface area contributed by atoms with Crippen molar-refractivity contribution in [2.45, 2.75) is 0 Å². The monoisotopic (exact) mass is 243 g/mol. The van der Waals surface area contributed by atoms with Crippen molar-refractivity contribution in [1.29, 1.82) is 0 Å². The quantitative estimate of drug-likeness (QED) is 0.862. The fourth-order valence-corrected chi connectivity index (χ4v) is 1.70. The Bertz CT molecular complexity index is 575. The third-order valence-corrected chi connectivity index (χ3v) is 2.45. The molecule has 1 aromatic carbocycles. The molecule has 0 radical (unpaired) electrons. The Morgan fingerprint density at radius 1 is 0.944 bits per heavy atom. The summed E-state index contributed by atoms with van der Waals surface area (Å²) in [7, 11) is 0. The summed E-state index contributed by atoms with van der Waals surface area (Å²) in [5, 5.41) is 18.2. The summed E-state index contributed by atoms with van der Waals surface area (Å²) in [6.07, 6.45) is 1.18. The van der Waals surface area contributed by atoms with Crippen molar-refractivity contribution >= 4 is 11.9 Å². The summed E-state index contributed by atoms with van der Waals surface area (Å²) in [5.74, 6) is -2.43. The molecule has 2 aromatic rings. The molecule has 18 heavy (non-hydrogen) atoms. The van der Waals surface area contributed by atoms with E-state index < -0.39 is 11.9 Å². The van der Waals surface area contributed by atoms with Crippen LogP contribution >= 0.6 is 0 Å². The number of benzene rings is 1. The van der Waals surface area contributed by atoms with E-state index >= 15 is 0 Å². The number of carboxylic acids is 2. The van der Waals surface area contributed by atoms with Crippen LogP contribution in [0.2, 0.25) is 0 Å². The molecule has 90 valence electrons. The Balaban J connectivity index is 2.77. The number of rotatable bonds is 3. The number of hydrogen-bond donors (Lipinski definition) is 2. The molecule has 1 heterocycles. The molecule has 0 atom stereocenters. The first-order chi connectivity index (χ1) is 8.61. The van der Waals surface area contributed by atoms with Crippen LogP contribution < -0.4 is 0 Å². The second-order valence-electron chi connectivity index (χ2n) is 3.56. The van der Waals surface area contributed by atoms with Gasteiger partial charge in [0.2, 0.25) is 0 Å². The van der Waals surface area contributed by atoms with E-state index in [4.69, 9.17) is 10.2 Å². The summed E-state index contributed by atoms with van der Waals surface area (Å²) in [4.78, 5) is 26.0. The van der Waals surface area contributed by atoms with Crippen LogP contribution in [0.15, 0.2) is 42.6 Å². The highest BCUT2D eigenvalue weighted by Crippen LogP contribution is 2.26. The van der Waals surface area contributed by atoms with Crippen LogP contribution in [0, 0.1) is 0 Å². The number of pyridine rings is 1. The van der Waals surface area contributed by atoms with Crippen molar-refractivity contribution in [2.75, 3.05) is 0 Å². The number of hydrogen-bond acceptors (Lipinski definition) is 3. The third kappa shape index (κ3) is 2.06. The normalized spacial score (nSPS) is 10.0. The summed E-state index contributed by atoms with van der Waals surface area (Å²) in [6, 6.07) is 9.77. The van der Waals surface area contributed by atoms with Crippen LogP contribution in [0.25, 0.3) is 11.1 Å². The van der Waals surface area contributed by atoms with Crippen molar-refractivity contribution < 1.29 is 19.8 Å². The number of nitrogens with zero attached hydrogens (tertiary/aromatic N) is 1. The molecule has 0 fully saturated rings. The Morgan fingerprint density at radius 3 is 2.17 bits per heavy atom. The minimum atomic E-state index is -1.25. The van der Waals surface area contributed by atoms with Crippen LogP contribution in [0.3, 0.4) is 0 Å². The minimum absolute atomic E-state index is 0.0754. The fraction of sp³-hybridized carbons (Fsp3) is 0. The lowest BCUT2D eigenvalue weighted by Crippen LogP contribution is -2.09. The molecule has 0 unspecified atom stereocenters. The van der Waals surface area contributed by atoms with Crippen molar-refractivity contribution in [1.82, 2.24) is 4.98 Å². The second-order valence-corrected chi connectivity index (χ2v) is 3.56. The predicted molar refractivity (Wildman–Crippen MR) is 63.6 cm³/mol. The summed E-state index contributed by atoms with van der Waals surface area (Å²) >= 11 is 0. The highest BCUT2D eigenvalue weighted by molar-refractivity contribution is 6.03. The van der Waals surface area contributed by atoms with Crippen molar-refractivity contribution in [3.05, 3.63) is 53.9 Å². The lowest BCUT2D eigenvalue weighted by Gasteiger charge is -2.08. The van der Waals surface area contributed by atoms with Gasteiger partial charge in [-0.3, -0.25) is 0 Å². The number of carbonyl (C=O) groups is 2. The van der Waals surface area contributed by atoms with E-state index in [1.54, 1.807) is 30.3 Å². The first-order valence-corrected chi connectivity index (χ1v) is 5.12. The fourth-order valence-electron chi connectivity index (χ4n) is 1.70. The van der Waals surface area contributed by atoms with E-state index in [9.17, 15) is 9.59 Å². The first-order valence-electron chi connectivity index (χ1n) is 5.12. The van der Waals surface area contributed by atoms with Gasteiger partial charge in [-0.15, -0.1) is 0 Å². The lowest BCUT2D eigenvalue weighted by molar-refractivity contribution is 0.0691. The van der Waals surface area contributed by atoms with E-state index in [1.165, 1.54) is 12.3 Å². The van der Waals surface area contributed by atoms with E-state index in [2.05, 4.69) is 4.98 Å². The van der Waals surface area contributed by atoms with Crippen LogP contribution in [0.5, 0.6) is 0 Å². The van der Waals surface area contributed by atoms with Gasteiger partial charge in [0.1, 0.15) is 0 Å². The molecule has 0 amide bonds. The van der Waals surface area contributed by atoms with E-state index in [0.717, 1.165) is 0 Å². The molecule has 0 aliphatic rings. The smallest absolute Gasteiger partial charge is 0.355 e. The highest BCUT2D eigenvalue weighted by atomic mass is 16.4. The Hall–Kier alpha value is -2.69. The van der Waals surface area contributed by atoms with Gasteiger partial charge in [0, 0.05) is 11.8 Å². The van der Waals surface area contributed by atoms with Gasteiger partial charge in [0.05, 0.1) is 5.56 Å². The van der Waals surface area contributed by atoms with Gasteiger partial charge < -0.3 is 10.2 Å². The maximum Gasteiger partial charge on any atom is 0.355 e. The molecular weight excluding hydrogens is 234 g/mol. The molecule has 2 rings (SSSR count). The molecule has 5 nitrogen and oxygen atoms in total. The highest BCUT2D eigenvalue weighted by Gasteiger charge is 2.20. The molecule has 1 aromatic heterocycles. The lowest BCUT2D eigenvalue weighted by atomic mass is 9.98. The molecular formula is C13H9NO4. The van der Waals surface area contributed by atoms with Gasteiger partial charge in [-0.05, 0) is 11.6 Å². The number of aromatic nitrogens is 1. The maximum atomic E-state index is 11.1. The molecule has 0 aliphatic carbocycles. The summed E-state index contributed by atoms with van der Waals surface area (Å²) < 4.78 is 0. The van der Waals surface area contributed by atoms with Crippen LogP contribution in [0.4, 0.5) is 0 Å². The minimum Gasteiger partial charge on any atom is -0.478 e. The summed E-state index contributed by atoms with van der Waals surface area (Å²) in [5.41, 5.74) is 0.299. The topological polar surface area (TPSA) is 87.5 Å². The molecule has 5 heteroatoms. The van der Waals surface area contributed by atoms with E-state index in [1.807, 2.05) is 0 Å². The van der Waals surface area contributed by atoms with Crippen LogP contribution in [-0.4, -0.2) is 27.1 Å². The molecule has 0 saturated carbocycles. The summed E-state index contributed by atoms with van der Waals surface area (Å²) in [6.45, 7) is 0. The van der Waals surface area contributed by atoms with Crippen LogP contribution in [-0.2, 0) is 0 Å². The molecule has 2 N–H and O–H groups in total. The van der Waals surface area contributed by atoms with Crippen LogP contribution in [0.1, 0.15) is 20.8 Å². The van der Waals surface area contributed by atoms with E-state index in [0.29, 0.717) is 5.56 Å². The maximum absolute atomic E-state index is 11.1. The van der Waals surface area contributed by atoms with Gasteiger partial charge in [-0.2, -0.15) is 0 Å². The van der Waals surface area contributed by atoms with E-state index in [-0.39, 0.29) is 16.8 Å². The Labute approximate surface area is 102 Å². The number of carboxylic acid groups (broad SMARTS) is 2. The zero-order valence-electron chi connectivity index (χ0n) is 9.20. The molecule has 0 bridgehead atoms. The van der Waals surface area contributed by atoms with Gasteiger partial charge in [0.25, 0.3) is 0 Å². The zero-order valence-corrected chi connectivity index (χ0v) is 9.20. The Morgan fingerprint density at radius 2 is 1.61 bits per heavy atom. The van der Waals surface area contributed by atoms with Gasteiger partial charge in [-0.1, -0.05) is 30.3 Å². The third-order valence-electron chi connectivity index (χ3n) is 2.45. The van der Waals surface area contributed by atoms with Gasteiger partial charge >= 0.3 is 11.9 Å². The van der Waals surface area contributed by atoms with Gasteiger partial charge in [0.15, 0.2) is 5.69 Å². The molecule has 0 saturated heterocycles. The second kappa shape index (κ2) is 4.67.